The van der Waals surface area contributed by atoms with E-state index in [0.717, 1.165) is 28.8 Å². The second-order valence-electron chi connectivity index (χ2n) is 4.12. The van der Waals surface area contributed by atoms with Gasteiger partial charge in [-0.2, -0.15) is 13.9 Å². The number of halogens is 2. The van der Waals surface area contributed by atoms with Crippen LogP contribution in [0.2, 0.25) is 0 Å². The van der Waals surface area contributed by atoms with E-state index in [9.17, 15) is 8.78 Å². The monoisotopic (exact) mass is 282 g/mol. The van der Waals surface area contributed by atoms with Crippen LogP contribution in [-0.2, 0) is 19.4 Å². The second kappa shape index (κ2) is 6.36. The molecule has 2 heterocycles. The molecule has 8 heteroatoms. The lowest BCUT2D eigenvalue weighted by molar-refractivity contribution is 0.0672. The van der Waals surface area contributed by atoms with E-state index in [1.165, 1.54) is 12.4 Å². The topological polar surface area (TPSA) is 68.5 Å². The Morgan fingerprint density at radius 1 is 1.20 bits per heavy atom. The molecular weight excluding hydrogens is 266 g/mol. The van der Waals surface area contributed by atoms with Gasteiger partial charge >= 0.3 is 6.55 Å². The number of nitrogens with one attached hydrogen (secondary N) is 1. The number of hydrogen-bond acceptors (Lipinski definition) is 5. The minimum Gasteiger partial charge on any atom is -0.346 e. The summed E-state index contributed by atoms with van der Waals surface area (Å²) in [5, 5.41) is 10.9. The van der Waals surface area contributed by atoms with E-state index in [2.05, 4.69) is 25.5 Å². The maximum atomic E-state index is 12.7. The number of hydrogen-bond donors (Lipinski definition) is 1. The second-order valence-corrected chi connectivity index (χ2v) is 4.12. The summed E-state index contributed by atoms with van der Waals surface area (Å²) >= 11 is 0. The third-order valence-electron chi connectivity index (χ3n) is 2.87. The normalized spacial score (nSPS) is 11.1. The molecule has 2 aromatic heterocycles. The zero-order valence-electron chi connectivity index (χ0n) is 11.3. The predicted octanol–water partition coefficient (Wildman–Crippen LogP) is 2.20. The maximum Gasteiger partial charge on any atom is 0.319 e. The smallest absolute Gasteiger partial charge is 0.319 e. The Bertz CT molecular complexity index is 569. The first-order chi connectivity index (χ1) is 9.65. The first kappa shape index (κ1) is 14.3. The van der Waals surface area contributed by atoms with Gasteiger partial charge in [0.1, 0.15) is 5.82 Å². The van der Waals surface area contributed by atoms with Crippen LogP contribution >= 0.6 is 0 Å². The van der Waals surface area contributed by atoms with Gasteiger partial charge in [0.2, 0.25) is 5.95 Å². The van der Waals surface area contributed by atoms with Crippen molar-refractivity contribution in [3.8, 4) is 0 Å². The van der Waals surface area contributed by atoms with Crippen LogP contribution < -0.4 is 5.32 Å². The summed E-state index contributed by atoms with van der Waals surface area (Å²) in [4.78, 5) is 8.20. The zero-order chi connectivity index (χ0) is 14.5. The summed E-state index contributed by atoms with van der Waals surface area (Å²) in [5.41, 5.74) is 1.72. The molecule has 0 bridgehead atoms. The van der Waals surface area contributed by atoms with E-state index >= 15 is 0 Å². The van der Waals surface area contributed by atoms with E-state index in [4.69, 9.17) is 0 Å². The molecule has 0 saturated carbocycles. The van der Waals surface area contributed by atoms with Crippen molar-refractivity contribution in [3.05, 3.63) is 29.6 Å². The Morgan fingerprint density at radius 2 is 1.95 bits per heavy atom. The van der Waals surface area contributed by atoms with E-state index < -0.39 is 6.55 Å². The van der Waals surface area contributed by atoms with Crippen molar-refractivity contribution in [1.82, 2.24) is 24.7 Å². The van der Waals surface area contributed by atoms with Gasteiger partial charge in [-0.05, 0) is 12.8 Å². The lowest BCUT2D eigenvalue weighted by atomic mass is 10.2. The number of alkyl halides is 2. The van der Waals surface area contributed by atoms with E-state index in [-0.39, 0.29) is 12.4 Å². The molecule has 6 nitrogen and oxygen atoms in total. The number of imidazole rings is 1. The molecule has 2 aromatic rings. The highest BCUT2D eigenvalue weighted by Gasteiger charge is 2.12. The molecule has 0 radical (unpaired) electrons. The van der Waals surface area contributed by atoms with Crippen molar-refractivity contribution >= 4 is 5.95 Å². The van der Waals surface area contributed by atoms with Crippen LogP contribution in [0.3, 0.4) is 0 Å². The molecule has 0 atom stereocenters. The van der Waals surface area contributed by atoms with Crippen molar-refractivity contribution < 1.29 is 8.78 Å². The molecular formula is C12H16F2N6. The van der Waals surface area contributed by atoms with Gasteiger partial charge in [-0.1, -0.05) is 13.8 Å². The number of anilines is 1. The molecule has 0 saturated heterocycles. The summed E-state index contributed by atoms with van der Waals surface area (Å²) < 4.78 is 26.1. The highest BCUT2D eigenvalue weighted by Crippen LogP contribution is 2.13. The lowest BCUT2D eigenvalue weighted by Gasteiger charge is -2.09. The number of aryl methyl sites for hydroxylation is 2. The first-order valence-electron chi connectivity index (χ1n) is 6.41. The molecule has 2 rings (SSSR count). The maximum absolute atomic E-state index is 12.7. The predicted molar refractivity (Wildman–Crippen MR) is 69.4 cm³/mol. The molecule has 0 unspecified atom stereocenters. The van der Waals surface area contributed by atoms with Gasteiger partial charge < -0.3 is 5.32 Å². The van der Waals surface area contributed by atoms with Crippen molar-refractivity contribution in [3.63, 3.8) is 0 Å². The summed E-state index contributed by atoms with van der Waals surface area (Å²) in [6.45, 7) is 1.48. The Hall–Kier alpha value is -2.12. The molecule has 108 valence electrons. The Balaban J connectivity index is 2.09. The average Bonchev–Trinajstić information content (AvgIpc) is 2.93. The summed E-state index contributed by atoms with van der Waals surface area (Å²) in [6.07, 6.45) is 4.08. The van der Waals surface area contributed by atoms with E-state index in [1.54, 1.807) is 0 Å². The Labute approximate surface area is 115 Å². The molecule has 0 amide bonds. The largest absolute Gasteiger partial charge is 0.346 e. The van der Waals surface area contributed by atoms with Crippen molar-refractivity contribution in [2.45, 2.75) is 39.8 Å². The van der Waals surface area contributed by atoms with Crippen molar-refractivity contribution in [2.75, 3.05) is 5.32 Å². The van der Waals surface area contributed by atoms with Gasteiger partial charge in [-0.25, -0.2) is 9.97 Å². The van der Waals surface area contributed by atoms with Crippen molar-refractivity contribution in [2.24, 2.45) is 0 Å². The highest BCUT2D eigenvalue weighted by molar-refractivity contribution is 5.26. The van der Waals surface area contributed by atoms with Crippen LogP contribution in [-0.4, -0.2) is 24.7 Å². The van der Waals surface area contributed by atoms with Crippen LogP contribution in [0.1, 0.15) is 37.6 Å². The molecule has 1 N–H and O–H groups in total. The van der Waals surface area contributed by atoms with Gasteiger partial charge in [0.25, 0.3) is 0 Å². The molecule has 20 heavy (non-hydrogen) atoms. The third-order valence-corrected chi connectivity index (χ3v) is 2.87. The molecule has 0 aliphatic carbocycles. The van der Waals surface area contributed by atoms with Crippen LogP contribution in [0.5, 0.6) is 0 Å². The molecule has 0 spiro atoms. The Kier molecular flexibility index (Phi) is 4.54. The SMILES string of the molecule is CCc1nnc(NCc2nccn2C(F)F)nc1CC. The van der Waals surface area contributed by atoms with Crippen LogP contribution in [0.15, 0.2) is 12.4 Å². The van der Waals surface area contributed by atoms with Gasteiger partial charge in [0.05, 0.1) is 17.9 Å². The Morgan fingerprint density at radius 3 is 2.60 bits per heavy atom. The van der Waals surface area contributed by atoms with Crippen LogP contribution in [0.4, 0.5) is 14.7 Å². The summed E-state index contributed by atoms with van der Waals surface area (Å²) in [5.74, 6) is 0.545. The fourth-order valence-corrected chi connectivity index (χ4v) is 1.83. The minimum absolute atomic E-state index is 0.119. The standard InChI is InChI=1S/C12H16F2N6/c1-3-8-9(4-2)18-19-12(17-8)16-7-10-15-5-6-20(10)11(13)14/h5-6,11H,3-4,7H2,1-2H3,(H,16,17,19). The molecule has 0 aromatic carbocycles. The summed E-state index contributed by atoms with van der Waals surface area (Å²) in [7, 11) is 0. The zero-order valence-corrected chi connectivity index (χ0v) is 11.3. The lowest BCUT2D eigenvalue weighted by Crippen LogP contribution is -2.13. The van der Waals surface area contributed by atoms with Crippen LogP contribution in [0.25, 0.3) is 0 Å². The number of aromatic nitrogens is 5. The third kappa shape index (κ3) is 3.06. The minimum atomic E-state index is -2.61. The summed E-state index contributed by atoms with van der Waals surface area (Å²) in [6, 6.07) is 0. The highest BCUT2D eigenvalue weighted by atomic mass is 19.3. The van der Waals surface area contributed by atoms with Crippen molar-refractivity contribution in [1.29, 1.82) is 0 Å². The van der Waals surface area contributed by atoms with Gasteiger partial charge in [0, 0.05) is 12.4 Å². The molecule has 0 aliphatic rings. The van der Waals surface area contributed by atoms with E-state index in [0.29, 0.717) is 5.95 Å². The van der Waals surface area contributed by atoms with E-state index in [1.807, 2.05) is 13.8 Å². The molecule has 0 aliphatic heterocycles. The first-order valence-corrected chi connectivity index (χ1v) is 6.41. The fraction of sp³-hybridized carbons (Fsp3) is 0.500. The van der Waals surface area contributed by atoms with Crippen LogP contribution in [0, 0.1) is 0 Å². The quantitative estimate of drug-likeness (QED) is 0.879. The molecule has 0 fully saturated rings. The van der Waals surface area contributed by atoms with Gasteiger partial charge in [0.15, 0.2) is 0 Å². The number of rotatable bonds is 6. The number of nitrogens with zero attached hydrogens (tertiary/aromatic N) is 5. The van der Waals surface area contributed by atoms with Gasteiger partial charge in [-0.3, -0.25) is 4.57 Å². The van der Waals surface area contributed by atoms with Gasteiger partial charge in [-0.15, -0.1) is 5.10 Å². The fourth-order valence-electron chi connectivity index (χ4n) is 1.83. The average molecular weight is 282 g/mol.